The standard InChI is InChI=1S/C5H10NO.K/c1-6-3-2-5(7)4-6;/h5H,2-4H2,1H3;/q-1;+1. The van der Waals surface area contributed by atoms with Gasteiger partial charge in [0.1, 0.15) is 0 Å². The molecule has 0 aromatic carbocycles. The van der Waals surface area contributed by atoms with E-state index in [-0.39, 0.29) is 57.5 Å². The third kappa shape index (κ3) is 2.91. The summed E-state index contributed by atoms with van der Waals surface area (Å²) < 4.78 is 0. The first-order valence-corrected chi connectivity index (χ1v) is 2.63. The van der Waals surface area contributed by atoms with Gasteiger partial charge in [0.05, 0.1) is 0 Å². The minimum atomic E-state index is -0.301. The molecule has 0 aromatic rings. The summed E-state index contributed by atoms with van der Waals surface area (Å²) in [6.45, 7) is 1.74. The SMILES string of the molecule is CN1CCC([O-])C1.[K+]. The summed E-state index contributed by atoms with van der Waals surface area (Å²) in [5.74, 6) is 0. The average molecular weight is 139 g/mol. The van der Waals surface area contributed by atoms with E-state index in [4.69, 9.17) is 0 Å². The molecular formula is C5H10KNO. The van der Waals surface area contributed by atoms with Crippen molar-refractivity contribution in [2.45, 2.75) is 12.5 Å². The average Bonchev–Trinajstić information content (AvgIpc) is 1.87. The van der Waals surface area contributed by atoms with Crippen molar-refractivity contribution in [1.29, 1.82) is 0 Å². The van der Waals surface area contributed by atoms with E-state index >= 15 is 0 Å². The van der Waals surface area contributed by atoms with Crippen LogP contribution in [0.4, 0.5) is 0 Å². The largest absolute Gasteiger partial charge is 1.00 e. The number of likely N-dealkylation sites (N-methyl/N-ethyl adjacent to an activating group) is 1. The topological polar surface area (TPSA) is 26.3 Å². The van der Waals surface area contributed by atoms with Crippen LogP contribution in [0.2, 0.25) is 0 Å². The van der Waals surface area contributed by atoms with Gasteiger partial charge in [-0.2, -0.15) is 0 Å². The summed E-state index contributed by atoms with van der Waals surface area (Å²) in [6.07, 6.45) is 0.543. The monoisotopic (exact) mass is 139 g/mol. The van der Waals surface area contributed by atoms with E-state index in [1.54, 1.807) is 0 Å². The second-order valence-corrected chi connectivity index (χ2v) is 2.17. The van der Waals surface area contributed by atoms with Crippen LogP contribution in [0.15, 0.2) is 0 Å². The van der Waals surface area contributed by atoms with E-state index in [2.05, 4.69) is 4.90 Å². The van der Waals surface area contributed by atoms with Crippen LogP contribution in [0.1, 0.15) is 6.42 Å². The quantitative estimate of drug-likeness (QED) is 0.320. The van der Waals surface area contributed by atoms with Gasteiger partial charge < -0.3 is 10.0 Å². The van der Waals surface area contributed by atoms with E-state index < -0.39 is 0 Å². The molecule has 8 heavy (non-hydrogen) atoms. The predicted octanol–water partition coefficient (Wildman–Crippen LogP) is -3.95. The number of rotatable bonds is 0. The fraction of sp³-hybridized carbons (Fsp3) is 1.00. The fourth-order valence-electron chi connectivity index (χ4n) is 0.895. The Morgan fingerprint density at radius 3 is 2.38 bits per heavy atom. The molecule has 0 spiro atoms. The first-order valence-electron chi connectivity index (χ1n) is 2.63. The molecule has 1 fully saturated rings. The van der Waals surface area contributed by atoms with Gasteiger partial charge in [0, 0.05) is 0 Å². The summed E-state index contributed by atoms with van der Waals surface area (Å²) in [5, 5.41) is 10.5. The Morgan fingerprint density at radius 2 is 2.25 bits per heavy atom. The van der Waals surface area contributed by atoms with Gasteiger partial charge in [-0.15, -0.1) is 6.10 Å². The molecular weight excluding hydrogens is 129 g/mol. The summed E-state index contributed by atoms with van der Waals surface area (Å²) in [4.78, 5) is 2.07. The van der Waals surface area contributed by atoms with Crippen LogP contribution >= 0.6 is 0 Å². The molecule has 42 valence electrons. The Morgan fingerprint density at radius 1 is 1.62 bits per heavy atom. The Bertz CT molecular complexity index is 61.4. The van der Waals surface area contributed by atoms with E-state index in [9.17, 15) is 5.11 Å². The zero-order valence-corrected chi connectivity index (χ0v) is 8.68. The van der Waals surface area contributed by atoms with Crippen molar-refractivity contribution in [2.24, 2.45) is 0 Å². The van der Waals surface area contributed by atoms with Gasteiger partial charge in [-0.25, -0.2) is 0 Å². The molecule has 1 atom stereocenters. The number of nitrogens with zero attached hydrogens (tertiary/aromatic N) is 1. The van der Waals surface area contributed by atoms with Crippen LogP contribution in [0, 0.1) is 0 Å². The second kappa shape index (κ2) is 4.38. The van der Waals surface area contributed by atoms with Crippen molar-refractivity contribution in [3.63, 3.8) is 0 Å². The molecule has 1 aliphatic rings. The number of likely N-dealkylation sites (tertiary alicyclic amines) is 1. The third-order valence-electron chi connectivity index (χ3n) is 1.35. The maximum absolute atomic E-state index is 10.5. The zero-order valence-electron chi connectivity index (χ0n) is 5.55. The maximum atomic E-state index is 10.5. The third-order valence-corrected chi connectivity index (χ3v) is 1.35. The number of hydrogen-bond donors (Lipinski definition) is 0. The number of hydrogen-bond acceptors (Lipinski definition) is 2. The van der Waals surface area contributed by atoms with Crippen LogP contribution < -0.4 is 56.5 Å². The van der Waals surface area contributed by atoms with Crippen LogP contribution in [-0.2, 0) is 0 Å². The van der Waals surface area contributed by atoms with Gasteiger partial charge in [0.25, 0.3) is 0 Å². The van der Waals surface area contributed by atoms with E-state index in [1.165, 1.54) is 0 Å². The van der Waals surface area contributed by atoms with Crippen molar-refractivity contribution >= 4 is 0 Å². The molecule has 0 saturated carbocycles. The van der Waals surface area contributed by atoms with Crippen molar-refractivity contribution in [2.75, 3.05) is 20.1 Å². The van der Waals surface area contributed by atoms with Crippen LogP contribution in [0.3, 0.4) is 0 Å². The summed E-state index contributed by atoms with van der Waals surface area (Å²) in [6, 6.07) is 0. The van der Waals surface area contributed by atoms with Gasteiger partial charge in [-0.3, -0.25) is 0 Å². The van der Waals surface area contributed by atoms with Gasteiger partial charge in [-0.1, -0.05) is 6.42 Å². The molecule has 0 bridgehead atoms. The first-order chi connectivity index (χ1) is 3.29. The molecule has 0 aliphatic carbocycles. The van der Waals surface area contributed by atoms with Gasteiger partial charge in [0.2, 0.25) is 0 Å². The molecule has 3 heteroatoms. The van der Waals surface area contributed by atoms with Gasteiger partial charge in [0.15, 0.2) is 0 Å². The van der Waals surface area contributed by atoms with Crippen molar-refractivity contribution < 1.29 is 56.5 Å². The molecule has 1 rings (SSSR count). The van der Waals surface area contributed by atoms with Crippen molar-refractivity contribution in [1.82, 2.24) is 4.90 Å². The Balaban J connectivity index is 0.000000490. The summed E-state index contributed by atoms with van der Waals surface area (Å²) >= 11 is 0. The maximum Gasteiger partial charge on any atom is 1.00 e. The molecule has 0 amide bonds. The molecule has 1 saturated heterocycles. The predicted molar refractivity (Wildman–Crippen MR) is 25.9 cm³/mol. The van der Waals surface area contributed by atoms with Crippen LogP contribution in [-0.4, -0.2) is 31.1 Å². The van der Waals surface area contributed by atoms with E-state index in [0.29, 0.717) is 0 Å². The normalized spacial score (nSPS) is 30.0. The Hall–Kier alpha value is 1.56. The molecule has 1 unspecified atom stereocenters. The smallest absolute Gasteiger partial charge is 0.851 e. The Kier molecular flexibility index (Phi) is 5.24. The Labute approximate surface area is 92.7 Å². The first kappa shape index (κ1) is 9.56. The van der Waals surface area contributed by atoms with Crippen molar-refractivity contribution in [3.8, 4) is 0 Å². The van der Waals surface area contributed by atoms with Crippen LogP contribution in [0.25, 0.3) is 0 Å². The van der Waals surface area contributed by atoms with Crippen LogP contribution in [0.5, 0.6) is 0 Å². The zero-order chi connectivity index (χ0) is 5.28. The van der Waals surface area contributed by atoms with Gasteiger partial charge in [-0.05, 0) is 20.1 Å². The minimum Gasteiger partial charge on any atom is -0.851 e. The minimum absolute atomic E-state index is 0. The summed E-state index contributed by atoms with van der Waals surface area (Å²) in [5.41, 5.74) is 0. The van der Waals surface area contributed by atoms with Gasteiger partial charge >= 0.3 is 51.4 Å². The van der Waals surface area contributed by atoms with E-state index in [0.717, 1.165) is 19.5 Å². The molecule has 0 aromatic heterocycles. The van der Waals surface area contributed by atoms with Crippen molar-refractivity contribution in [3.05, 3.63) is 0 Å². The molecule has 0 N–H and O–H groups in total. The summed E-state index contributed by atoms with van der Waals surface area (Å²) in [7, 11) is 1.98. The molecule has 0 radical (unpaired) electrons. The molecule has 2 nitrogen and oxygen atoms in total. The molecule has 1 aliphatic heterocycles. The fourth-order valence-corrected chi connectivity index (χ4v) is 0.895. The van der Waals surface area contributed by atoms with E-state index in [1.807, 2.05) is 7.05 Å². The molecule has 1 heterocycles. The second-order valence-electron chi connectivity index (χ2n) is 2.17.